The van der Waals surface area contributed by atoms with Gasteiger partial charge in [-0.15, -0.1) is 0 Å². The molecule has 6 heteroatoms. The van der Waals surface area contributed by atoms with E-state index in [2.05, 4.69) is 10.6 Å². The second-order valence-electron chi connectivity index (χ2n) is 4.78. The van der Waals surface area contributed by atoms with Crippen molar-refractivity contribution in [1.82, 2.24) is 0 Å². The molecule has 0 aromatic heterocycles. The van der Waals surface area contributed by atoms with Crippen molar-refractivity contribution < 1.29 is 18.4 Å². The number of aryl methyl sites for hydroxylation is 1. The Morgan fingerprint density at radius 1 is 0.909 bits per heavy atom. The minimum Gasteiger partial charge on any atom is -0.318 e. The van der Waals surface area contributed by atoms with Gasteiger partial charge in [0.25, 0.3) is 0 Å². The number of hydrogen-bond donors (Lipinski definition) is 2. The normalized spacial score (nSPS) is 10.2. The number of halogens is 2. The summed E-state index contributed by atoms with van der Waals surface area (Å²) in [5, 5.41) is 4.55. The van der Waals surface area contributed by atoms with Crippen LogP contribution in [0.1, 0.15) is 11.1 Å². The van der Waals surface area contributed by atoms with Gasteiger partial charge in [-0.25, -0.2) is 8.78 Å². The fourth-order valence-corrected chi connectivity index (χ4v) is 1.84. The number of nitrogens with one attached hydrogen (secondary N) is 2. The molecule has 22 heavy (non-hydrogen) atoms. The van der Waals surface area contributed by atoms with Crippen molar-refractivity contribution in [3.05, 3.63) is 59.2 Å². The Hall–Kier alpha value is -2.76. The van der Waals surface area contributed by atoms with E-state index in [9.17, 15) is 18.4 Å². The molecule has 2 N–H and O–H groups in total. The number of carbonyl (C=O) groups is 2. The van der Waals surface area contributed by atoms with Crippen molar-refractivity contribution >= 4 is 23.2 Å². The van der Waals surface area contributed by atoms with Crippen LogP contribution < -0.4 is 10.6 Å². The first-order chi connectivity index (χ1) is 10.4. The van der Waals surface area contributed by atoms with E-state index in [-0.39, 0.29) is 5.69 Å². The van der Waals surface area contributed by atoms with Crippen LogP contribution in [0.3, 0.4) is 0 Å². The largest absolute Gasteiger partial charge is 0.318 e. The molecular weight excluding hydrogens is 290 g/mol. The highest BCUT2D eigenvalue weighted by Gasteiger charge is 2.17. The van der Waals surface area contributed by atoms with E-state index in [1.807, 2.05) is 19.9 Å². The summed E-state index contributed by atoms with van der Waals surface area (Å²) < 4.78 is 26.2. The number of rotatable bonds is 2. The van der Waals surface area contributed by atoms with E-state index >= 15 is 0 Å². The van der Waals surface area contributed by atoms with E-state index in [1.54, 1.807) is 12.1 Å². The highest BCUT2D eigenvalue weighted by molar-refractivity contribution is 6.43. The highest BCUT2D eigenvalue weighted by Crippen LogP contribution is 2.18. The van der Waals surface area contributed by atoms with Gasteiger partial charge in [0.05, 0.1) is 5.69 Å². The van der Waals surface area contributed by atoms with Gasteiger partial charge in [-0.05, 0) is 43.2 Å². The molecule has 0 fully saturated rings. The Labute approximate surface area is 126 Å². The van der Waals surface area contributed by atoms with E-state index in [0.29, 0.717) is 11.8 Å². The zero-order valence-electron chi connectivity index (χ0n) is 12.0. The number of hydrogen-bond acceptors (Lipinski definition) is 2. The van der Waals surface area contributed by atoms with Crippen LogP contribution in [0, 0.1) is 25.5 Å². The quantitative estimate of drug-likeness (QED) is 0.837. The van der Waals surface area contributed by atoms with Crippen molar-refractivity contribution in [2.45, 2.75) is 13.8 Å². The first-order valence-corrected chi connectivity index (χ1v) is 6.52. The van der Waals surface area contributed by atoms with E-state index in [4.69, 9.17) is 0 Å². The summed E-state index contributed by atoms with van der Waals surface area (Å²) in [6.45, 7) is 3.68. The summed E-state index contributed by atoms with van der Waals surface area (Å²) in [5.74, 6) is -3.69. The third-order valence-electron chi connectivity index (χ3n) is 3.24. The number of amides is 2. The summed E-state index contributed by atoms with van der Waals surface area (Å²) in [4.78, 5) is 23.6. The lowest BCUT2D eigenvalue weighted by Crippen LogP contribution is -2.29. The molecule has 114 valence electrons. The van der Waals surface area contributed by atoms with Gasteiger partial charge in [-0.3, -0.25) is 9.59 Å². The molecule has 0 spiro atoms. The first kappa shape index (κ1) is 15.6. The molecule has 0 atom stereocenters. The van der Waals surface area contributed by atoms with Crippen LogP contribution in [0.15, 0.2) is 36.4 Å². The summed E-state index contributed by atoms with van der Waals surface area (Å²) in [6, 6.07) is 7.94. The topological polar surface area (TPSA) is 58.2 Å². The monoisotopic (exact) mass is 304 g/mol. The summed E-state index contributed by atoms with van der Waals surface area (Å²) >= 11 is 0. The minimum atomic E-state index is -1.04. The van der Waals surface area contributed by atoms with Crippen LogP contribution in [0.5, 0.6) is 0 Å². The van der Waals surface area contributed by atoms with Crippen LogP contribution in [-0.2, 0) is 9.59 Å². The van der Waals surface area contributed by atoms with E-state index in [1.165, 1.54) is 0 Å². The maximum atomic E-state index is 13.4. The molecule has 0 unspecified atom stereocenters. The van der Waals surface area contributed by atoms with Gasteiger partial charge in [0, 0.05) is 11.8 Å². The lowest BCUT2D eigenvalue weighted by Gasteiger charge is -2.10. The fraction of sp³-hybridized carbons (Fsp3) is 0.125. The first-order valence-electron chi connectivity index (χ1n) is 6.52. The van der Waals surface area contributed by atoms with Crippen LogP contribution in [0.4, 0.5) is 20.2 Å². The summed E-state index contributed by atoms with van der Waals surface area (Å²) in [6.07, 6.45) is 0. The maximum absolute atomic E-state index is 13.4. The summed E-state index contributed by atoms with van der Waals surface area (Å²) in [7, 11) is 0. The predicted octanol–water partition coefficient (Wildman–Crippen LogP) is 3.16. The second-order valence-corrected chi connectivity index (χ2v) is 4.78. The SMILES string of the molecule is Cc1cccc(NC(=O)C(=O)Nc2ccc(F)cc2F)c1C. The molecule has 0 saturated carbocycles. The Balaban J connectivity index is 2.09. The zero-order valence-corrected chi connectivity index (χ0v) is 12.0. The molecule has 2 amide bonds. The summed E-state index contributed by atoms with van der Waals surface area (Å²) in [5.41, 5.74) is 2.03. The van der Waals surface area contributed by atoms with Crippen molar-refractivity contribution in [3.63, 3.8) is 0 Å². The average Bonchev–Trinajstić information content (AvgIpc) is 2.46. The van der Waals surface area contributed by atoms with Crippen molar-refractivity contribution in [2.24, 2.45) is 0 Å². The molecular formula is C16H14F2N2O2. The maximum Gasteiger partial charge on any atom is 0.314 e. The number of anilines is 2. The predicted molar refractivity (Wildman–Crippen MR) is 79.5 cm³/mol. The average molecular weight is 304 g/mol. The Morgan fingerprint density at radius 3 is 2.18 bits per heavy atom. The van der Waals surface area contributed by atoms with Crippen molar-refractivity contribution in [2.75, 3.05) is 10.6 Å². The van der Waals surface area contributed by atoms with Gasteiger partial charge in [-0.2, -0.15) is 0 Å². The third kappa shape index (κ3) is 3.46. The van der Waals surface area contributed by atoms with Crippen molar-refractivity contribution in [1.29, 1.82) is 0 Å². The third-order valence-corrected chi connectivity index (χ3v) is 3.24. The van der Waals surface area contributed by atoms with Gasteiger partial charge in [0.2, 0.25) is 0 Å². The van der Waals surface area contributed by atoms with Gasteiger partial charge in [-0.1, -0.05) is 12.1 Å². The van der Waals surface area contributed by atoms with Gasteiger partial charge in [0.1, 0.15) is 11.6 Å². The number of benzene rings is 2. The van der Waals surface area contributed by atoms with Gasteiger partial charge >= 0.3 is 11.8 Å². The molecule has 0 bridgehead atoms. The molecule has 0 radical (unpaired) electrons. The molecule has 4 nitrogen and oxygen atoms in total. The van der Waals surface area contributed by atoms with Gasteiger partial charge < -0.3 is 10.6 Å². The molecule has 2 aromatic rings. The van der Waals surface area contributed by atoms with Crippen LogP contribution >= 0.6 is 0 Å². The van der Waals surface area contributed by atoms with E-state index in [0.717, 1.165) is 23.3 Å². The molecule has 2 rings (SSSR count). The molecule has 0 aliphatic rings. The molecule has 0 aliphatic heterocycles. The smallest absolute Gasteiger partial charge is 0.314 e. The van der Waals surface area contributed by atoms with Crippen LogP contribution in [0.2, 0.25) is 0 Å². The molecule has 0 aliphatic carbocycles. The zero-order chi connectivity index (χ0) is 16.3. The number of carbonyl (C=O) groups excluding carboxylic acids is 2. The van der Waals surface area contributed by atoms with Crippen molar-refractivity contribution in [3.8, 4) is 0 Å². The fourth-order valence-electron chi connectivity index (χ4n) is 1.84. The standard InChI is InChI=1S/C16H14F2N2O2/c1-9-4-3-5-13(10(9)2)19-15(21)16(22)20-14-7-6-11(17)8-12(14)18/h3-8H,1-2H3,(H,19,21)(H,20,22). The second kappa shape index (κ2) is 6.34. The lowest BCUT2D eigenvalue weighted by atomic mass is 10.1. The van der Waals surface area contributed by atoms with E-state index < -0.39 is 23.4 Å². The molecule has 0 saturated heterocycles. The Kier molecular flexibility index (Phi) is 4.50. The molecule has 0 heterocycles. The van der Waals surface area contributed by atoms with Gasteiger partial charge in [0.15, 0.2) is 0 Å². The van der Waals surface area contributed by atoms with Crippen LogP contribution in [-0.4, -0.2) is 11.8 Å². The van der Waals surface area contributed by atoms with Crippen LogP contribution in [0.25, 0.3) is 0 Å². The highest BCUT2D eigenvalue weighted by atomic mass is 19.1. The lowest BCUT2D eigenvalue weighted by molar-refractivity contribution is -0.133. The minimum absolute atomic E-state index is 0.262. The Bertz CT molecular complexity index is 745. The Morgan fingerprint density at radius 2 is 1.55 bits per heavy atom. The molecule has 2 aromatic carbocycles.